The van der Waals surface area contributed by atoms with Gasteiger partial charge in [0.05, 0.1) is 0 Å². The largest absolute Gasteiger partial charge is 0.126 e. The number of thioether (sulfide) groups is 1. The minimum Gasteiger partial charge on any atom is -0.126 e. The highest BCUT2D eigenvalue weighted by atomic mass is 32.2. The van der Waals surface area contributed by atoms with Crippen molar-refractivity contribution in [3.63, 3.8) is 0 Å². The number of hydrogen-bond donors (Lipinski definition) is 0. The van der Waals surface area contributed by atoms with Crippen molar-refractivity contribution in [2.24, 2.45) is 5.92 Å². The second-order valence-electron chi connectivity index (χ2n) is 4.71. The molecule has 0 amide bonds. The summed E-state index contributed by atoms with van der Waals surface area (Å²) in [6, 6.07) is 19.7. The SMILES string of the molecule is CC1CSc2ccccc2C1c1ccccc1. The quantitative estimate of drug-likeness (QED) is 0.704. The van der Waals surface area contributed by atoms with Crippen LogP contribution in [-0.2, 0) is 0 Å². The van der Waals surface area contributed by atoms with Crippen LogP contribution in [0.15, 0.2) is 59.5 Å². The summed E-state index contributed by atoms with van der Waals surface area (Å²) in [5.74, 6) is 2.49. The zero-order valence-electron chi connectivity index (χ0n) is 9.97. The Hall–Kier alpha value is -1.21. The molecule has 0 bridgehead atoms. The summed E-state index contributed by atoms with van der Waals surface area (Å²) >= 11 is 2.00. The van der Waals surface area contributed by atoms with Crippen molar-refractivity contribution >= 4 is 11.8 Å². The van der Waals surface area contributed by atoms with Gasteiger partial charge in [0, 0.05) is 16.6 Å². The van der Waals surface area contributed by atoms with Crippen LogP contribution < -0.4 is 0 Å². The number of rotatable bonds is 1. The van der Waals surface area contributed by atoms with E-state index < -0.39 is 0 Å². The summed E-state index contributed by atoms with van der Waals surface area (Å²) < 4.78 is 0. The van der Waals surface area contributed by atoms with Crippen LogP contribution in [0.2, 0.25) is 0 Å². The van der Waals surface area contributed by atoms with Gasteiger partial charge in [0.2, 0.25) is 0 Å². The molecule has 2 aromatic rings. The molecule has 2 unspecified atom stereocenters. The van der Waals surface area contributed by atoms with Gasteiger partial charge in [-0.1, -0.05) is 55.5 Å². The lowest BCUT2D eigenvalue weighted by atomic mass is 9.82. The third kappa shape index (κ3) is 2.00. The lowest BCUT2D eigenvalue weighted by molar-refractivity contribution is 0.557. The Bertz CT molecular complexity index is 504. The molecule has 0 fully saturated rings. The van der Waals surface area contributed by atoms with Gasteiger partial charge < -0.3 is 0 Å². The van der Waals surface area contributed by atoms with E-state index in [9.17, 15) is 0 Å². The van der Waals surface area contributed by atoms with Crippen LogP contribution in [0.3, 0.4) is 0 Å². The molecule has 0 saturated carbocycles. The van der Waals surface area contributed by atoms with Gasteiger partial charge in [-0.05, 0) is 23.1 Å². The van der Waals surface area contributed by atoms with Gasteiger partial charge in [0.25, 0.3) is 0 Å². The smallest absolute Gasteiger partial charge is 0.0134 e. The van der Waals surface area contributed by atoms with Crippen molar-refractivity contribution in [2.45, 2.75) is 17.7 Å². The Kier molecular flexibility index (Phi) is 2.94. The molecule has 86 valence electrons. The van der Waals surface area contributed by atoms with Crippen molar-refractivity contribution < 1.29 is 0 Å². The van der Waals surface area contributed by atoms with Crippen LogP contribution in [0.5, 0.6) is 0 Å². The number of benzene rings is 2. The normalized spacial score (nSPS) is 23.1. The van der Waals surface area contributed by atoms with Gasteiger partial charge >= 0.3 is 0 Å². The molecule has 0 radical (unpaired) electrons. The molecule has 0 spiro atoms. The first-order valence-electron chi connectivity index (χ1n) is 6.13. The van der Waals surface area contributed by atoms with E-state index in [1.54, 1.807) is 0 Å². The summed E-state index contributed by atoms with van der Waals surface area (Å²) in [6.45, 7) is 2.36. The molecule has 0 aromatic heterocycles. The molecule has 17 heavy (non-hydrogen) atoms. The van der Waals surface area contributed by atoms with Crippen molar-refractivity contribution in [3.8, 4) is 0 Å². The summed E-state index contributed by atoms with van der Waals surface area (Å²) in [6.07, 6.45) is 0. The molecule has 1 heteroatoms. The molecule has 2 aromatic carbocycles. The van der Waals surface area contributed by atoms with E-state index in [-0.39, 0.29) is 0 Å². The van der Waals surface area contributed by atoms with E-state index in [1.807, 2.05) is 11.8 Å². The van der Waals surface area contributed by atoms with Gasteiger partial charge in [0.15, 0.2) is 0 Å². The van der Waals surface area contributed by atoms with Crippen molar-refractivity contribution in [2.75, 3.05) is 5.75 Å². The van der Waals surface area contributed by atoms with E-state index in [1.165, 1.54) is 21.8 Å². The van der Waals surface area contributed by atoms with Crippen LogP contribution in [0.1, 0.15) is 24.0 Å². The zero-order valence-corrected chi connectivity index (χ0v) is 10.8. The van der Waals surface area contributed by atoms with Gasteiger partial charge in [-0.3, -0.25) is 0 Å². The molecule has 1 aliphatic heterocycles. The standard InChI is InChI=1S/C16H16S/c1-12-11-17-15-10-6-5-9-14(15)16(12)13-7-3-2-4-8-13/h2-10,12,16H,11H2,1H3. The molecule has 2 atom stereocenters. The number of fused-ring (bicyclic) bond motifs is 1. The molecule has 0 N–H and O–H groups in total. The Morgan fingerprint density at radius 2 is 1.65 bits per heavy atom. The van der Waals surface area contributed by atoms with Gasteiger partial charge in [-0.15, -0.1) is 11.8 Å². The fourth-order valence-corrected chi connectivity index (χ4v) is 3.83. The first kappa shape index (κ1) is 10.9. The maximum absolute atomic E-state index is 2.36. The first-order chi connectivity index (χ1) is 8.36. The predicted octanol–water partition coefficient (Wildman–Crippen LogP) is 4.56. The predicted molar refractivity (Wildman–Crippen MR) is 74.6 cm³/mol. The topological polar surface area (TPSA) is 0 Å². The van der Waals surface area contributed by atoms with Crippen LogP contribution in [0.4, 0.5) is 0 Å². The van der Waals surface area contributed by atoms with E-state index in [4.69, 9.17) is 0 Å². The lowest BCUT2D eigenvalue weighted by Crippen LogP contribution is -2.18. The highest BCUT2D eigenvalue weighted by Gasteiger charge is 2.27. The van der Waals surface area contributed by atoms with Crippen molar-refractivity contribution in [1.82, 2.24) is 0 Å². The molecule has 3 rings (SSSR count). The van der Waals surface area contributed by atoms with Gasteiger partial charge in [-0.2, -0.15) is 0 Å². The van der Waals surface area contributed by atoms with Crippen LogP contribution in [0, 0.1) is 5.92 Å². The zero-order chi connectivity index (χ0) is 11.7. The Morgan fingerprint density at radius 1 is 0.941 bits per heavy atom. The molecule has 1 heterocycles. The monoisotopic (exact) mass is 240 g/mol. The Morgan fingerprint density at radius 3 is 2.47 bits per heavy atom. The average Bonchev–Trinajstić information content (AvgIpc) is 2.39. The van der Waals surface area contributed by atoms with Gasteiger partial charge in [-0.25, -0.2) is 0 Å². The molecule has 0 aliphatic carbocycles. The summed E-state index contributed by atoms with van der Waals surface area (Å²) in [5, 5.41) is 0. The van der Waals surface area contributed by atoms with E-state index in [0.717, 1.165) is 0 Å². The lowest BCUT2D eigenvalue weighted by Gasteiger charge is -2.31. The second kappa shape index (κ2) is 4.58. The number of hydrogen-bond acceptors (Lipinski definition) is 1. The van der Waals surface area contributed by atoms with Gasteiger partial charge in [0.1, 0.15) is 0 Å². The minimum absolute atomic E-state index is 0.564. The van der Waals surface area contributed by atoms with Crippen molar-refractivity contribution in [3.05, 3.63) is 65.7 Å². The van der Waals surface area contributed by atoms with E-state index in [2.05, 4.69) is 61.5 Å². The van der Waals surface area contributed by atoms with Crippen molar-refractivity contribution in [1.29, 1.82) is 0 Å². The molecule has 1 aliphatic rings. The van der Waals surface area contributed by atoms with E-state index in [0.29, 0.717) is 11.8 Å². The maximum Gasteiger partial charge on any atom is 0.0134 e. The second-order valence-corrected chi connectivity index (χ2v) is 5.78. The fourth-order valence-electron chi connectivity index (χ4n) is 2.66. The molecule has 0 saturated heterocycles. The molecule has 0 nitrogen and oxygen atoms in total. The fraction of sp³-hybridized carbons (Fsp3) is 0.250. The maximum atomic E-state index is 2.36. The average molecular weight is 240 g/mol. The summed E-state index contributed by atoms with van der Waals surface area (Å²) in [4.78, 5) is 1.46. The third-order valence-electron chi connectivity index (χ3n) is 3.48. The van der Waals surface area contributed by atoms with Crippen LogP contribution in [-0.4, -0.2) is 5.75 Å². The Balaban J connectivity index is 2.10. The highest BCUT2D eigenvalue weighted by molar-refractivity contribution is 7.99. The Labute approximate surface area is 107 Å². The molecular formula is C16H16S. The third-order valence-corrected chi connectivity index (χ3v) is 4.86. The highest BCUT2D eigenvalue weighted by Crippen LogP contribution is 2.43. The van der Waals surface area contributed by atoms with Crippen LogP contribution in [0.25, 0.3) is 0 Å². The molecular weight excluding hydrogens is 224 g/mol. The van der Waals surface area contributed by atoms with E-state index >= 15 is 0 Å². The first-order valence-corrected chi connectivity index (χ1v) is 7.11. The summed E-state index contributed by atoms with van der Waals surface area (Å²) in [5.41, 5.74) is 2.95. The summed E-state index contributed by atoms with van der Waals surface area (Å²) in [7, 11) is 0. The minimum atomic E-state index is 0.564. The van der Waals surface area contributed by atoms with Crippen LogP contribution >= 0.6 is 11.8 Å².